The first-order valence-electron chi connectivity index (χ1n) is 6.39. The highest BCUT2D eigenvalue weighted by atomic mass is 79.9. The van der Waals surface area contributed by atoms with Gasteiger partial charge in [-0.25, -0.2) is 9.97 Å². The lowest BCUT2D eigenvalue weighted by Crippen LogP contribution is -2.04. The van der Waals surface area contributed by atoms with E-state index in [1.54, 1.807) is 17.4 Å². The molecule has 0 saturated carbocycles. The second kappa shape index (κ2) is 6.24. The Labute approximate surface area is 135 Å². The zero-order chi connectivity index (χ0) is 14.7. The molecule has 0 radical (unpaired) electrons. The number of nitrogens with two attached hydrogens (primary N) is 1. The quantitative estimate of drug-likeness (QED) is 0.732. The molecule has 2 aromatic heterocycles. The fourth-order valence-electron chi connectivity index (χ4n) is 1.90. The number of anilines is 2. The molecule has 0 atom stereocenters. The van der Waals surface area contributed by atoms with Gasteiger partial charge in [0, 0.05) is 16.5 Å². The average molecular weight is 361 g/mol. The lowest BCUT2D eigenvalue weighted by Gasteiger charge is -2.07. The van der Waals surface area contributed by atoms with E-state index in [1.165, 1.54) is 4.88 Å². The van der Waals surface area contributed by atoms with Crippen LogP contribution in [0.15, 0.2) is 52.3 Å². The first-order valence-corrected chi connectivity index (χ1v) is 8.00. The molecule has 4 nitrogen and oxygen atoms in total. The lowest BCUT2D eigenvalue weighted by molar-refractivity contribution is 1.11. The molecule has 0 aliphatic rings. The van der Waals surface area contributed by atoms with Gasteiger partial charge in [0.15, 0.2) is 5.82 Å². The zero-order valence-electron chi connectivity index (χ0n) is 11.1. The van der Waals surface area contributed by atoms with Gasteiger partial charge in [0.1, 0.15) is 11.6 Å². The van der Waals surface area contributed by atoms with Crippen molar-refractivity contribution in [1.29, 1.82) is 0 Å². The maximum absolute atomic E-state index is 5.87. The number of rotatable bonds is 4. The third kappa shape index (κ3) is 3.59. The Hall–Kier alpha value is -1.92. The van der Waals surface area contributed by atoms with Gasteiger partial charge in [0.05, 0.1) is 10.3 Å². The molecule has 0 bridgehead atoms. The number of nitrogen functional groups attached to an aromatic ring is 1. The molecule has 106 valence electrons. The van der Waals surface area contributed by atoms with Gasteiger partial charge in [-0.1, -0.05) is 30.3 Å². The number of thiophene rings is 1. The van der Waals surface area contributed by atoms with Crippen LogP contribution in [0.5, 0.6) is 0 Å². The van der Waals surface area contributed by atoms with Crippen LogP contribution in [0.2, 0.25) is 0 Å². The molecule has 21 heavy (non-hydrogen) atoms. The summed E-state index contributed by atoms with van der Waals surface area (Å²) < 4.78 is 1.12. The van der Waals surface area contributed by atoms with Gasteiger partial charge in [-0.05, 0) is 28.1 Å². The largest absolute Gasteiger partial charge is 0.384 e. The van der Waals surface area contributed by atoms with Crippen molar-refractivity contribution in [2.45, 2.75) is 6.54 Å². The normalized spacial score (nSPS) is 10.5. The van der Waals surface area contributed by atoms with Crippen molar-refractivity contribution in [2.75, 3.05) is 11.1 Å². The number of nitrogens with one attached hydrogen (secondary N) is 1. The average Bonchev–Trinajstić information content (AvgIpc) is 2.91. The third-order valence-electron chi connectivity index (χ3n) is 2.85. The van der Waals surface area contributed by atoms with Crippen molar-refractivity contribution in [3.8, 4) is 11.4 Å². The summed E-state index contributed by atoms with van der Waals surface area (Å²) in [5, 5.41) is 3.28. The topological polar surface area (TPSA) is 63.8 Å². The molecule has 0 spiro atoms. The van der Waals surface area contributed by atoms with Crippen LogP contribution in [0.3, 0.4) is 0 Å². The Kier molecular flexibility index (Phi) is 4.17. The first-order chi connectivity index (χ1) is 10.2. The van der Waals surface area contributed by atoms with Crippen LogP contribution in [0, 0.1) is 0 Å². The van der Waals surface area contributed by atoms with Gasteiger partial charge in [0.2, 0.25) is 0 Å². The van der Waals surface area contributed by atoms with Crippen molar-refractivity contribution in [3.05, 3.63) is 57.2 Å². The van der Waals surface area contributed by atoms with Gasteiger partial charge in [-0.15, -0.1) is 11.3 Å². The van der Waals surface area contributed by atoms with E-state index in [0.717, 1.165) is 15.2 Å². The van der Waals surface area contributed by atoms with E-state index < -0.39 is 0 Å². The van der Waals surface area contributed by atoms with Gasteiger partial charge >= 0.3 is 0 Å². The number of hydrogen-bond acceptors (Lipinski definition) is 5. The highest BCUT2D eigenvalue weighted by Gasteiger charge is 2.05. The van der Waals surface area contributed by atoms with Crippen LogP contribution in [0.1, 0.15) is 4.88 Å². The summed E-state index contributed by atoms with van der Waals surface area (Å²) in [5.41, 5.74) is 6.82. The molecule has 0 unspecified atom stereocenters. The highest BCUT2D eigenvalue weighted by molar-refractivity contribution is 9.11. The van der Waals surface area contributed by atoms with E-state index in [2.05, 4.69) is 37.3 Å². The van der Waals surface area contributed by atoms with Crippen LogP contribution >= 0.6 is 27.3 Å². The second-order valence-corrected chi connectivity index (χ2v) is 6.97. The van der Waals surface area contributed by atoms with E-state index >= 15 is 0 Å². The molecule has 0 amide bonds. The van der Waals surface area contributed by atoms with E-state index in [1.807, 2.05) is 36.4 Å². The minimum absolute atomic E-state index is 0.457. The summed E-state index contributed by atoms with van der Waals surface area (Å²) in [6.45, 7) is 0.709. The van der Waals surface area contributed by atoms with Crippen LogP contribution in [0.4, 0.5) is 11.6 Å². The Morgan fingerprint density at radius 1 is 1.10 bits per heavy atom. The number of hydrogen-bond donors (Lipinski definition) is 2. The van der Waals surface area contributed by atoms with Gasteiger partial charge in [0.25, 0.3) is 0 Å². The molecular weight excluding hydrogens is 348 g/mol. The third-order valence-corrected chi connectivity index (χ3v) is 4.47. The smallest absolute Gasteiger partial charge is 0.163 e. The van der Waals surface area contributed by atoms with Crippen molar-refractivity contribution >= 4 is 38.9 Å². The van der Waals surface area contributed by atoms with E-state index in [9.17, 15) is 0 Å². The highest BCUT2D eigenvalue weighted by Crippen LogP contribution is 2.23. The van der Waals surface area contributed by atoms with Gasteiger partial charge < -0.3 is 11.1 Å². The first kappa shape index (κ1) is 14.0. The minimum atomic E-state index is 0.457. The van der Waals surface area contributed by atoms with Crippen LogP contribution in [-0.4, -0.2) is 9.97 Å². The molecule has 2 heterocycles. The minimum Gasteiger partial charge on any atom is -0.384 e. The Bertz CT molecular complexity index is 742. The van der Waals surface area contributed by atoms with Crippen molar-refractivity contribution in [2.24, 2.45) is 0 Å². The lowest BCUT2D eigenvalue weighted by atomic mass is 10.2. The summed E-state index contributed by atoms with van der Waals surface area (Å²) in [4.78, 5) is 10.0. The Morgan fingerprint density at radius 3 is 2.62 bits per heavy atom. The molecule has 3 rings (SSSR count). The molecule has 0 fully saturated rings. The SMILES string of the molecule is Nc1cc(NCc2ccc(Br)s2)nc(-c2ccccc2)n1. The summed E-state index contributed by atoms with van der Waals surface area (Å²) >= 11 is 5.15. The number of benzene rings is 1. The summed E-state index contributed by atoms with van der Waals surface area (Å²) in [7, 11) is 0. The predicted molar refractivity (Wildman–Crippen MR) is 91.2 cm³/mol. The molecule has 3 N–H and O–H groups in total. The standard InChI is InChI=1S/C15H13BrN4S/c16-12-7-6-11(21-12)9-18-14-8-13(17)19-15(20-14)10-4-2-1-3-5-10/h1-8H,9H2,(H3,17,18,19,20). The summed E-state index contributed by atoms with van der Waals surface area (Å²) in [5.74, 6) is 1.81. The molecular formula is C15H13BrN4S. The van der Waals surface area contributed by atoms with E-state index in [0.29, 0.717) is 18.2 Å². The summed E-state index contributed by atoms with van der Waals surface area (Å²) in [6, 6.07) is 15.7. The fraction of sp³-hybridized carbons (Fsp3) is 0.0667. The predicted octanol–water partition coefficient (Wildman–Crippen LogP) is 4.16. The zero-order valence-corrected chi connectivity index (χ0v) is 13.5. The number of nitrogens with zero attached hydrogens (tertiary/aromatic N) is 2. The maximum Gasteiger partial charge on any atom is 0.163 e. The fourth-order valence-corrected chi connectivity index (χ4v) is 3.32. The van der Waals surface area contributed by atoms with E-state index in [-0.39, 0.29) is 0 Å². The van der Waals surface area contributed by atoms with Crippen molar-refractivity contribution in [3.63, 3.8) is 0 Å². The van der Waals surface area contributed by atoms with Crippen LogP contribution in [-0.2, 0) is 6.54 Å². The van der Waals surface area contributed by atoms with Crippen molar-refractivity contribution in [1.82, 2.24) is 9.97 Å². The molecule has 0 saturated heterocycles. The number of halogens is 1. The Balaban J connectivity index is 1.81. The Morgan fingerprint density at radius 2 is 1.90 bits per heavy atom. The molecule has 0 aliphatic heterocycles. The van der Waals surface area contributed by atoms with Crippen LogP contribution in [0.25, 0.3) is 11.4 Å². The monoisotopic (exact) mass is 360 g/mol. The van der Waals surface area contributed by atoms with Gasteiger partial charge in [-0.3, -0.25) is 0 Å². The van der Waals surface area contributed by atoms with Gasteiger partial charge in [-0.2, -0.15) is 0 Å². The molecule has 6 heteroatoms. The molecule has 0 aliphatic carbocycles. The second-order valence-electron chi connectivity index (χ2n) is 4.43. The van der Waals surface area contributed by atoms with Crippen molar-refractivity contribution < 1.29 is 0 Å². The maximum atomic E-state index is 5.87. The molecule has 3 aromatic rings. The summed E-state index contributed by atoms with van der Waals surface area (Å²) in [6.07, 6.45) is 0. The van der Waals surface area contributed by atoms with Crippen LogP contribution < -0.4 is 11.1 Å². The number of aromatic nitrogens is 2. The van der Waals surface area contributed by atoms with E-state index in [4.69, 9.17) is 5.73 Å². The molecule has 1 aromatic carbocycles.